The van der Waals surface area contributed by atoms with E-state index in [1.54, 1.807) is 38.1 Å². The minimum atomic E-state index is -3.25. The molecule has 0 aliphatic heterocycles. The normalized spacial score (nSPS) is 10.8. The molecule has 0 spiro atoms. The van der Waals surface area contributed by atoms with Crippen LogP contribution in [-0.2, 0) is 107 Å². The summed E-state index contributed by atoms with van der Waals surface area (Å²) in [6, 6.07) is 87.1. The number of carbonyl (C=O) groups is 5. The zero-order chi connectivity index (χ0) is 91.8. The number of benzene rings is 10. The van der Waals surface area contributed by atoms with E-state index in [1.165, 1.54) is 108 Å². The Labute approximate surface area is 752 Å². The molecular weight excluding hydrogens is 1540 g/mol. The summed E-state index contributed by atoms with van der Waals surface area (Å²) in [5.74, 6) is 6.28. The average Bonchev–Trinajstić information content (AvgIpc) is 0.859. The van der Waals surface area contributed by atoms with Gasteiger partial charge in [0.1, 0.15) is 5.78 Å². The van der Waals surface area contributed by atoms with Gasteiger partial charge in [-0.2, -0.15) is 0 Å². The second-order valence-electron chi connectivity index (χ2n) is 36.7. The molecule has 0 aliphatic carbocycles. The van der Waals surface area contributed by atoms with Crippen molar-refractivity contribution < 1.29 is 32.4 Å². The second-order valence-corrected chi connectivity index (χ2v) is 38.7. The molecule has 10 aromatic rings. The number of sulfone groups is 1. The minimum Gasteiger partial charge on any atom is -0.356 e. The number of hydrogen-bond acceptors (Lipinski definition) is 7. The lowest BCUT2D eigenvalue weighted by molar-refractivity contribution is -0.119. The first-order valence-corrected chi connectivity index (χ1v) is 47.6. The molecular formula is C114H156N2O7S. The lowest BCUT2D eigenvalue weighted by atomic mass is 9.99. The number of aryl methyl sites for hydroxylation is 2. The highest BCUT2D eigenvalue weighted by Gasteiger charge is 2.16. The van der Waals surface area contributed by atoms with Gasteiger partial charge in [0, 0.05) is 57.3 Å². The third-order valence-corrected chi connectivity index (χ3v) is 21.6. The third kappa shape index (κ3) is 53.3. The van der Waals surface area contributed by atoms with Gasteiger partial charge in [-0.3, -0.25) is 24.0 Å². The maximum Gasteiger partial charge on any atom is 0.217 e. The number of nitrogens with one attached hydrogen (secondary N) is 2. The maximum atomic E-state index is 12.3. The van der Waals surface area contributed by atoms with E-state index in [2.05, 4.69) is 257 Å². The molecule has 0 heterocycles. The first kappa shape index (κ1) is 108. The number of amides is 2. The van der Waals surface area contributed by atoms with Crippen molar-refractivity contribution in [3.63, 3.8) is 0 Å². The van der Waals surface area contributed by atoms with E-state index in [4.69, 9.17) is 0 Å². The van der Waals surface area contributed by atoms with Crippen LogP contribution in [0, 0.1) is 54.3 Å². The van der Waals surface area contributed by atoms with Crippen LogP contribution in [0.25, 0.3) is 0 Å². The topological polar surface area (TPSA) is 144 Å². The van der Waals surface area contributed by atoms with Crippen LogP contribution in [0.3, 0.4) is 0 Å². The molecule has 0 aliphatic rings. The molecule has 0 unspecified atom stereocenters. The van der Waals surface area contributed by atoms with Crippen molar-refractivity contribution in [2.24, 2.45) is 47.3 Å². The van der Waals surface area contributed by atoms with Crippen molar-refractivity contribution in [3.8, 4) is 0 Å². The zero-order valence-electron chi connectivity index (χ0n) is 79.9. The number of hydrogen-bond donors (Lipinski definition) is 2. The highest BCUT2D eigenvalue weighted by atomic mass is 32.2. The monoisotopic (exact) mass is 1700 g/mol. The molecule has 10 aromatic carbocycles. The molecule has 2 N–H and O–H groups in total. The van der Waals surface area contributed by atoms with Gasteiger partial charge in [0.25, 0.3) is 0 Å². The molecule has 0 saturated carbocycles. The second kappa shape index (κ2) is 62.3. The summed E-state index contributed by atoms with van der Waals surface area (Å²) < 4.78 is 24.5. The number of Topliss-reactive ketones (excluding diaryl/α,β-unsaturated/α-hetero) is 3. The smallest absolute Gasteiger partial charge is 0.217 e. The van der Waals surface area contributed by atoms with E-state index in [9.17, 15) is 32.4 Å². The fraction of sp³-hybridized carbons (Fsp3) is 0.430. The number of rotatable bonds is 36. The van der Waals surface area contributed by atoms with Gasteiger partial charge in [0.2, 0.25) is 11.8 Å². The summed E-state index contributed by atoms with van der Waals surface area (Å²) in [4.78, 5) is 56.6. The van der Waals surface area contributed by atoms with E-state index in [0.29, 0.717) is 60.3 Å². The van der Waals surface area contributed by atoms with Gasteiger partial charge in [0.05, 0.1) is 10.6 Å². The lowest BCUT2D eigenvalue weighted by Crippen LogP contribution is -2.21. The summed E-state index contributed by atoms with van der Waals surface area (Å²) in [6.45, 7) is 46.0. The first-order chi connectivity index (χ1) is 58.9. The van der Waals surface area contributed by atoms with Gasteiger partial charge in [0.15, 0.2) is 21.4 Å². The summed E-state index contributed by atoms with van der Waals surface area (Å²) in [6.07, 6.45) is 18.3. The van der Waals surface area contributed by atoms with Crippen LogP contribution >= 0.6 is 0 Å². The van der Waals surface area contributed by atoms with Crippen LogP contribution < -0.4 is 10.6 Å². The average molecular weight is 1700 g/mol. The Morgan fingerprint density at radius 3 is 0.968 bits per heavy atom. The predicted octanol–water partition coefficient (Wildman–Crippen LogP) is 27.8. The van der Waals surface area contributed by atoms with Crippen molar-refractivity contribution >= 4 is 39.0 Å². The molecule has 0 aromatic heterocycles. The van der Waals surface area contributed by atoms with Crippen LogP contribution in [0.4, 0.5) is 0 Å². The van der Waals surface area contributed by atoms with E-state index < -0.39 is 9.84 Å². The Morgan fingerprint density at radius 1 is 0.298 bits per heavy atom. The lowest BCUT2D eigenvalue weighted by Gasteiger charge is -2.07. The zero-order valence-corrected chi connectivity index (χ0v) is 80.7. The molecule has 0 bridgehead atoms. The highest BCUT2D eigenvalue weighted by Crippen LogP contribution is 2.21. The Bertz CT molecular complexity index is 4610. The molecule has 2 amide bonds. The van der Waals surface area contributed by atoms with Crippen LogP contribution in [0.2, 0.25) is 0 Å². The highest BCUT2D eigenvalue weighted by molar-refractivity contribution is 7.90. The van der Waals surface area contributed by atoms with Gasteiger partial charge in [-0.05, 0) is 216 Å². The van der Waals surface area contributed by atoms with Crippen LogP contribution in [0.15, 0.2) is 266 Å². The van der Waals surface area contributed by atoms with E-state index >= 15 is 0 Å². The number of ketones is 3. The standard InChI is InChI=1S/C19H22O.C18H20O.C17H20O2S.C16H26.C13H19NO.C12H16O.C11H16.C8H17NO/c1-15(2)12-17-8-10-18(11-9-17)14-19(20)13-16-6-4-3-5-7-16;1-14(2)12-15-8-10-16(11-9-15)13-18(19)17-6-4-3-5-7-17;1-14(2)12-15-8-10-16(11-9-15)13-20(18,19)17-6-4-3-5-7-17;1-4-5-6-7-8-15-9-11-16(12-10-15)13-14(2)3;1-10(2)8-12-4-6-13(7-5-12)9-14-11(3)15;1-9(2)8-11-4-6-12(7-5-11)10(3)13;1-9(2)8-11-6-4-10(3)5-7-11;1-7(2)5-4-6-9-8(3)10/h3-11,15H,12-14H2,1-2H3;3-11,14H,12-13H2,1-2H3;3-11,14H,12-13H2,1-2H3;9-12,14H,4-8,13H2,1-3H3;4-7,10H,8-9H2,1-3H3,(H,14,15);4-7,9H,8H2,1-3H3;4-7,9H,8H2,1-3H3;7H,4-6H2,1-3H3,(H,9,10). The van der Waals surface area contributed by atoms with Crippen molar-refractivity contribution in [3.05, 3.63) is 350 Å². The van der Waals surface area contributed by atoms with E-state index in [0.717, 1.165) is 102 Å². The van der Waals surface area contributed by atoms with Gasteiger partial charge < -0.3 is 10.6 Å². The van der Waals surface area contributed by atoms with Crippen molar-refractivity contribution in [1.82, 2.24) is 10.6 Å². The molecule has 0 radical (unpaired) electrons. The van der Waals surface area contributed by atoms with E-state index in [1.807, 2.05) is 115 Å². The quantitative estimate of drug-likeness (QED) is 0.0294. The fourth-order valence-electron chi connectivity index (χ4n) is 13.6. The van der Waals surface area contributed by atoms with E-state index in [-0.39, 0.29) is 34.9 Å². The van der Waals surface area contributed by atoms with Crippen molar-refractivity contribution in [1.29, 1.82) is 0 Å². The van der Waals surface area contributed by atoms with Crippen molar-refractivity contribution in [2.75, 3.05) is 6.54 Å². The number of unbranched alkanes of at least 4 members (excludes halogenated alkanes) is 3. The molecule has 670 valence electrons. The largest absolute Gasteiger partial charge is 0.356 e. The minimum absolute atomic E-state index is 0.0151. The van der Waals surface area contributed by atoms with Crippen LogP contribution in [-0.4, -0.2) is 44.1 Å². The van der Waals surface area contributed by atoms with Gasteiger partial charge in [-0.1, -0.05) is 391 Å². The SMILES string of the molecule is CC(=O)NCCCC(C)C.CC(=O)NCc1ccc(CC(C)C)cc1.CC(=O)c1ccc(CC(C)C)cc1.CC(C)Cc1ccc(CC(=O)Cc2ccccc2)cc1.CC(C)Cc1ccc(CC(=O)c2ccccc2)cc1.CC(C)Cc1ccc(CS(=O)(=O)c2ccccc2)cc1.CCCCCCc1ccc(CC(C)C)cc1.Cc1ccc(CC(C)C)cc1. The molecule has 9 nitrogen and oxygen atoms in total. The molecule has 10 heteroatoms. The van der Waals surface area contributed by atoms with Crippen molar-refractivity contribution in [2.45, 2.75) is 272 Å². The fourth-order valence-corrected chi connectivity index (χ4v) is 15.0. The Balaban J connectivity index is 0.000000370. The van der Waals surface area contributed by atoms with Gasteiger partial charge in [-0.25, -0.2) is 8.42 Å². The van der Waals surface area contributed by atoms with Gasteiger partial charge >= 0.3 is 0 Å². The Hall–Kier alpha value is -9.90. The van der Waals surface area contributed by atoms with Crippen LogP contribution in [0.5, 0.6) is 0 Å². The summed E-state index contributed by atoms with van der Waals surface area (Å²) in [7, 11) is -3.25. The molecule has 124 heavy (non-hydrogen) atoms. The number of carbonyl (C=O) groups excluding carboxylic acids is 5. The first-order valence-electron chi connectivity index (χ1n) is 45.9. The molecule has 0 fully saturated rings. The Morgan fingerprint density at radius 2 is 0.613 bits per heavy atom. The molecule has 0 saturated heterocycles. The summed E-state index contributed by atoms with van der Waals surface area (Å²) in [5, 5.41) is 5.55. The predicted molar refractivity (Wildman–Crippen MR) is 528 cm³/mol. The molecule has 0 atom stereocenters. The maximum absolute atomic E-state index is 12.3. The Kier molecular flexibility index (Phi) is 54.4. The van der Waals surface area contributed by atoms with Gasteiger partial charge in [-0.15, -0.1) is 0 Å². The third-order valence-electron chi connectivity index (χ3n) is 19.9. The molecule has 10 rings (SSSR count). The van der Waals surface area contributed by atoms with Crippen LogP contribution in [0.1, 0.15) is 276 Å². The summed E-state index contributed by atoms with van der Waals surface area (Å²) >= 11 is 0. The summed E-state index contributed by atoms with van der Waals surface area (Å²) in [5.41, 5.74) is 19.2.